The van der Waals surface area contributed by atoms with E-state index >= 15 is 0 Å². The lowest BCUT2D eigenvalue weighted by Crippen LogP contribution is -2.30. The molecule has 0 fully saturated rings. The Bertz CT molecular complexity index is 1440. The Morgan fingerprint density at radius 3 is 1.00 bits per heavy atom. The Labute approximate surface area is 431 Å². The molecule has 0 radical (unpaired) electrons. The molecule has 70 heavy (non-hydrogen) atoms. The molecule has 6 nitrogen and oxygen atoms in total. The van der Waals surface area contributed by atoms with E-state index in [9.17, 15) is 14.4 Å². The molecule has 1 unspecified atom stereocenters. The van der Waals surface area contributed by atoms with E-state index < -0.39 is 12.1 Å². The van der Waals surface area contributed by atoms with Gasteiger partial charge in [-0.3, -0.25) is 14.4 Å². The molecule has 0 spiro atoms. The fourth-order valence-electron chi connectivity index (χ4n) is 7.80. The van der Waals surface area contributed by atoms with Gasteiger partial charge in [0.05, 0.1) is 6.42 Å². The van der Waals surface area contributed by atoms with Gasteiger partial charge in [0.15, 0.2) is 6.10 Å². The van der Waals surface area contributed by atoms with Crippen molar-refractivity contribution in [2.75, 3.05) is 13.2 Å². The summed E-state index contributed by atoms with van der Waals surface area (Å²) in [5, 5.41) is 0. The highest BCUT2D eigenvalue weighted by Gasteiger charge is 2.19. The minimum absolute atomic E-state index is 0.115. The summed E-state index contributed by atoms with van der Waals surface area (Å²) in [6.45, 7) is 6.33. The van der Waals surface area contributed by atoms with Crippen LogP contribution in [0.25, 0.3) is 0 Å². The molecular weight excluding hydrogens is 865 g/mol. The number of esters is 3. The van der Waals surface area contributed by atoms with Crippen molar-refractivity contribution in [3.63, 3.8) is 0 Å². The van der Waals surface area contributed by atoms with Gasteiger partial charge in [0, 0.05) is 12.8 Å². The van der Waals surface area contributed by atoms with Crippen LogP contribution in [-0.4, -0.2) is 37.2 Å². The standard InChI is InChI=1S/C64H106O6/c1-4-7-10-13-16-19-22-25-28-30-32-34-36-39-42-45-48-51-54-57-63(66)69-60-61(59-68-62(65)56-53-50-47-44-41-38-35-27-24-21-18-15-12-9-6-3)70-64(67)58-55-52-49-46-43-40-37-33-31-29-26-23-20-17-14-11-8-5-2/h7,9-10,12,16,18-19,21,25,27-28,32,34-35,41,44,50,53,61H,4-6,8,11,13-15,17,20,22-24,26,29-31,33,36-40,42-43,45-49,51-52,54-60H2,1-3H3/b10-7-,12-9-,19-16-,21-18-,28-25-,34-32-,35-27-,44-41-,53-50-. The second-order valence-electron chi connectivity index (χ2n) is 18.8. The SMILES string of the molecule is CC/C=C\C/C=C\C/C=C\C/C=C\C/C=C\CC(=O)OCC(COC(=O)CCCCCCCC/C=C\C/C=C\C/C=C\C/C=C\CC)OC(=O)CCCCCCCCCCCCCCCCCCCC. The molecule has 0 aromatic carbocycles. The van der Waals surface area contributed by atoms with Crippen molar-refractivity contribution >= 4 is 17.9 Å². The van der Waals surface area contributed by atoms with Crippen molar-refractivity contribution in [3.05, 3.63) is 109 Å². The molecule has 0 rings (SSSR count). The van der Waals surface area contributed by atoms with Crippen LogP contribution in [0.3, 0.4) is 0 Å². The second kappa shape index (κ2) is 57.6. The molecule has 0 bridgehead atoms. The molecule has 398 valence electrons. The number of allylic oxidation sites excluding steroid dienone is 17. The number of hydrogen-bond acceptors (Lipinski definition) is 6. The van der Waals surface area contributed by atoms with Crippen molar-refractivity contribution in [1.82, 2.24) is 0 Å². The maximum absolute atomic E-state index is 12.9. The number of ether oxygens (including phenoxy) is 3. The molecule has 0 amide bonds. The molecule has 1 atom stereocenters. The first-order valence-electron chi connectivity index (χ1n) is 28.9. The average molecular weight is 972 g/mol. The third-order valence-corrected chi connectivity index (χ3v) is 12.1. The Kier molecular flexibility index (Phi) is 54.4. The molecule has 6 heteroatoms. The van der Waals surface area contributed by atoms with Crippen molar-refractivity contribution in [1.29, 1.82) is 0 Å². The van der Waals surface area contributed by atoms with Crippen LogP contribution in [0, 0.1) is 0 Å². The number of rotatable bonds is 51. The van der Waals surface area contributed by atoms with Crippen molar-refractivity contribution in [3.8, 4) is 0 Å². The Balaban J connectivity index is 4.49. The van der Waals surface area contributed by atoms with Gasteiger partial charge in [-0.15, -0.1) is 0 Å². The zero-order valence-corrected chi connectivity index (χ0v) is 45.5. The van der Waals surface area contributed by atoms with Crippen molar-refractivity contribution in [2.24, 2.45) is 0 Å². The molecule has 0 saturated heterocycles. The van der Waals surface area contributed by atoms with Gasteiger partial charge in [0.25, 0.3) is 0 Å². The van der Waals surface area contributed by atoms with Crippen molar-refractivity contribution < 1.29 is 28.6 Å². The van der Waals surface area contributed by atoms with Crippen LogP contribution >= 0.6 is 0 Å². The fourth-order valence-corrected chi connectivity index (χ4v) is 7.80. The summed E-state index contributed by atoms with van der Waals surface area (Å²) in [6.07, 6.45) is 78.2. The minimum atomic E-state index is -0.825. The van der Waals surface area contributed by atoms with Gasteiger partial charge in [0.1, 0.15) is 13.2 Å². The van der Waals surface area contributed by atoms with Gasteiger partial charge in [0.2, 0.25) is 0 Å². The molecule has 0 saturated carbocycles. The summed E-state index contributed by atoms with van der Waals surface area (Å²) in [4.78, 5) is 38.1. The van der Waals surface area contributed by atoms with E-state index in [2.05, 4.69) is 118 Å². The van der Waals surface area contributed by atoms with Crippen LogP contribution in [0.1, 0.15) is 258 Å². The third kappa shape index (κ3) is 55.0. The number of hydrogen-bond donors (Lipinski definition) is 0. The second-order valence-corrected chi connectivity index (χ2v) is 18.8. The van der Waals surface area contributed by atoms with E-state index in [4.69, 9.17) is 14.2 Å². The maximum atomic E-state index is 12.9. The zero-order valence-electron chi connectivity index (χ0n) is 45.5. The summed E-state index contributed by atoms with van der Waals surface area (Å²) in [7, 11) is 0. The van der Waals surface area contributed by atoms with Crippen LogP contribution in [0.15, 0.2) is 109 Å². The van der Waals surface area contributed by atoms with Crippen LogP contribution in [-0.2, 0) is 28.6 Å². The van der Waals surface area contributed by atoms with E-state index in [-0.39, 0.29) is 31.6 Å². The highest BCUT2D eigenvalue weighted by Crippen LogP contribution is 2.16. The maximum Gasteiger partial charge on any atom is 0.309 e. The predicted octanol–water partition coefficient (Wildman–Crippen LogP) is 19.5. The summed E-state index contributed by atoms with van der Waals surface area (Å²) in [5.74, 6) is -1.06. The fraction of sp³-hybridized carbons (Fsp3) is 0.672. The minimum Gasteiger partial charge on any atom is -0.462 e. The van der Waals surface area contributed by atoms with Gasteiger partial charge < -0.3 is 14.2 Å². The highest BCUT2D eigenvalue weighted by molar-refractivity contribution is 5.72. The number of carbonyl (C=O) groups is 3. The first-order valence-corrected chi connectivity index (χ1v) is 28.9. The largest absolute Gasteiger partial charge is 0.462 e. The quantitative estimate of drug-likeness (QED) is 0.0262. The van der Waals surface area contributed by atoms with Gasteiger partial charge in [-0.2, -0.15) is 0 Å². The Morgan fingerprint density at radius 2 is 0.614 bits per heavy atom. The lowest BCUT2D eigenvalue weighted by atomic mass is 10.0. The first kappa shape index (κ1) is 66.1. The van der Waals surface area contributed by atoms with Gasteiger partial charge in [-0.1, -0.05) is 265 Å². The summed E-state index contributed by atoms with van der Waals surface area (Å²) < 4.78 is 16.8. The summed E-state index contributed by atoms with van der Waals surface area (Å²) in [6, 6.07) is 0. The monoisotopic (exact) mass is 971 g/mol. The topological polar surface area (TPSA) is 78.9 Å². The lowest BCUT2D eigenvalue weighted by Gasteiger charge is -2.18. The van der Waals surface area contributed by atoms with Gasteiger partial charge in [-0.05, 0) is 83.5 Å². The molecule has 0 aliphatic rings. The Morgan fingerprint density at radius 1 is 0.314 bits per heavy atom. The molecule has 0 aliphatic heterocycles. The van der Waals surface area contributed by atoms with E-state index in [0.29, 0.717) is 12.8 Å². The lowest BCUT2D eigenvalue weighted by molar-refractivity contribution is -0.166. The summed E-state index contributed by atoms with van der Waals surface area (Å²) in [5.41, 5.74) is 0. The molecule has 0 aromatic rings. The molecule has 0 aliphatic carbocycles. The summed E-state index contributed by atoms with van der Waals surface area (Å²) >= 11 is 0. The van der Waals surface area contributed by atoms with Crippen molar-refractivity contribution in [2.45, 2.75) is 264 Å². The smallest absolute Gasteiger partial charge is 0.309 e. The molecular formula is C64H106O6. The number of unbranched alkanes of at least 4 members (excludes halogenated alkanes) is 23. The number of carbonyl (C=O) groups excluding carboxylic acids is 3. The van der Waals surface area contributed by atoms with E-state index in [0.717, 1.165) is 109 Å². The van der Waals surface area contributed by atoms with E-state index in [1.165, 1.54) is 109 Å². The van der Waals surface area contributed by atoms with Gasteiger partial charge >= 0.3 is 17.9 Å². The third-order valence-electron chi connectivity index (χ3n) is 12.1. The normalized spacial score (nSPS) is 12.9. The molecule has 0 N–H and O–H groups in total. The molecule has 0 aromatic heterocycles. The highest BCUT2D eigenvalue weighted by atomic mass is 16.6. The Hall–Kier alpha value is -3.93. The van der Waals surface area contributed by atoms with Crippen LogP contribution < -0.4 is 0 Å². The molecule has 0 heterocycles. The first-order chi connectivity index (χ1) is 34.5. The predicted molar refractivity (Wildman–Crippen MR) is 302 cm³/mol. The zero-order chi connectivity index (χ0) is 50.7. The average Bonchev–Trinajstić information content (AvgIpc) is 3.36. The van der Waals surface area contributed by atoms with Crippen LogP contribution in [0.2, 0.25) is 0 Å². The van der Waals surface area contributed by atoms with E-state index in [1.54, 1.807) is 6.08 Å². The van der Waals surface area contributed by atoms with E-state index in [1.807, 2.05) is 6.08 Å². The van der Waals surface area contributed by atoms with Crippen LogP contribution in [0.4, 0.5) is 0 Å². The van der Waals surface area contributed by atoms with Gasteiger partial charge in [-0.25, -0.2) is 0 Å². The van der Waals surface area contributed by atoms with Crippen LogP contribution in [0.5, 0.6) is 0 Å².